The van der Waals surface area contributed by atoms with Gasteiger partial charge in [-0.2, -0.15) is 0 Å². The lowest BCUT2D eigenvalue weighted by atomic mass is 9.85. The fourth-order valence-electron chi connectivity index (χ4n) is 4.39. The molecule has 8 heteroatoms. The molecule has 172 valence electrons. The van der Waals surface area contributed by atoms with E-state index in [0.717, 1.165) is 55.8 Å². The van der Waals surface area contributed by atoms with Crippen molar-refractivity contribution in [2.75, 3.05) is 33.7 Å². The molecule has 31 heavy (non-hydrogen) atoms. The second-order valence-electron chi connectivity index (χ2n) is 8.14. The van der Waals surface area contributed by atoms with E-state index in [2.05, 4.69) is 55.3 Å². The van der Waals surface area contributed by atoms with Crippen LogP contribution in [0.2, 0.25) is 5.02 Å². The molecule has 0 bridgehead atoms. The van der Waals surface area contributed by atoms with Gasteiger partial charge in [0.2, 0.25) is 0 Å². The van der Waals surface area contributed by atoms with E-state index in [0.29, 0.717) is 12.0 Å². The van der Waals surface area contributed by atoms with E-state index in [4.69, 9.17) is 11.6 Å². The molecule has 1 aromatic carbocycles. The zero-order valence-electron chi connectivity index (χ0n) is 18.9. The van der Waals surface area contributed by atoms with Gasteiger partial charge >= 0.3 is 0 Å². The first-order valence-corrected chi connectivity index (χ1v) is 11.3. The smallest absolute Gasteiger partial charge is 0.190 e. The molecule has 0 spiro atoms. The zero-order valence-corrected chi connectivity index (χ0v) is 21.9. The average molecular weight is 559 g/mol. The van der Waals surface area contributed by atoms with Crippen molar-refractivity contribution in [3.05, 3.63) is 53.1 Å². The molecule has 0 aliphatic carbocycles. The molecule has 0 saturated carbocycles. The topological polar surface area (TPSA) is 57.5 Å². The summed E-state index contributed by atoms with van der Waals surface area (Å²) in [5, 5.41) is 7.82. The van der Waals surface area contributed by atoms with Gasteiger partial charge in [-0.15, -0.1) is 24.0 Å². The Morgan fingerprint density at radius 2 is 2.13 bits per heavy atom. The molecule has 1 saturated heterocycles. The largest absolute Gasteiger partial charge is 0.356 e. The molecule has 1 aliphatic rings. The number of guanidine groups is 1. The summed E-state index contributed by atoms with van der Waals surface area (Å²) >= 11 is 6.27. The number of halogens is 2. The van der Waals surface area contributed by atoms with Crippen molar-refractivity contribution in [1.29, 1.82) is 0 Å². The first-order chi connectivity index (χ1) is 14.6. The van der Waals surface area contributed by atoms with Crippen LogP contribution in [0.15, 0.2) is 41.7 Å². The second kappa shape index (κ2) is 13.3. The van der Waals surface area contributed by atoms with Crippen molar-refractivity contribution in [3.8, 4) is 0 Å². The lowest BCUT2D eigenvalue weighted by Gasteiger charge is -2.40. The van der Waals surface area contributed by atoms with Crippen molar-refractivity contribution >= 4 is 41.5 Å². The van der Waals surface area contributed by atoms with Gasteiger partial charge in [0.1, 0.15) is 5.82 Å². The molecule has 3 rings (SSSR count). The Labute approximate surface area is 208 Å². The van der Waals surface area contributed by atoms with E-state index in [1.54, 1.807) is 0 Å². The number of aryl methyl sites for hydroxylation is 2. The van der Waals surface area contributed by atoms with E-state index in [9.17, 15) is 0 Å². The second-order valence-corrected chi connectivity index (χ2v) is 8.57. The van der Waals surface area contributed by atoms with Gasteiger partial charge in [-0.25, -0.2) is 4.98 Å². The van der Waals surface area contributed by atoms with E-state index in [-0.39, 0.29) is 24.0 Å². The molecule has 1 fully saturated rings. The molecule has 1 aliphatic heterocycles. The minimum atomic E-state index is 0. The van der Waals surface area contributed by atoms with Crippen LogP contribution in [0.1, 0.15) is 43.1 Å². The minimum absolute atomic E-state index is 0. The van der Waals surface area contributed by atoms with E-state index < -0.39 is 0 Å². The molecule has 2 unspecified atom stereocenters. The fraction of sp³-hybridized carbons (Fsp3) is 0.565. The Balaban J connectivity index is 0.00000341. The summed E-state index contributed by atoms with van der Waals surface area (Å²) in [6.07, 6.45) is 8.54. The van der Waals surface area contributed by atoms with Crippen LogP contribution in [0.3, 0.4) is 0 Å². The summed E-state index contributed by atoms with van der Waals surface area (Å²) in [4.78, 5) is 11.1. The van der Waals surface area contributed by atoms with Crippen LogP contribution in [0, 0.1) is 12.8 Å². The molecule has 2 N–H and O–H groups in total. The molecule has 6 nitrogen and oxygen atoms in total. The average Bonchev–Trinajstić information content (AvgIpc) is 3.14. The van der Waals surface area contributed by atoms with Gasteiger partial charge < -0.3 is 15.2 Å². The van der Waals surface area contributed by atoms with Crippen LogP contribution in [0.25, 0.3) is 0 Å². The number of rotatable bonds is 8. The third-order valence-corrected chi connectivity index (χ3v) is 6.23. The third kappa shape index (κ3) is 7.64. The quantitative estimate of drug-likeness (QED) is 0.217. The first kappa shape index (κ1) is 25.9. The summed E-state index contributed by atoms with van der Waals surface area (Å²) in [5.74, 6) is 2.48. The highest BCUT2D eigenvalue weighted by Gasteiger charge is 2.30. The number of imidazole rings is 1. The number of aliphatic imine (C=N–C) groups is 1. The van der Waals surface area contributed by atoms with Gasteiger partial charge in [-0.3, -0.25) is 9.89 Å². The summed E-state index contributed by atoms with van der Waals surface area (Å²) in [7, 11) is 4.05. The highest BCUT2D eigenvalue weighted by atomic mass is 127. The SMILES string of the molecule is CN=C(NCCCCn1ccnc1C)NCC1CCCN(C)C1c1cccc(Cl)c1.I. The van der Waals surface area contributed by atoms with E-state index >= 15 is 0 Å². The monoisotopic (exact) mass is 558 g/mol. The molecular formula is C23H36ClIN6. The number of unbranched alkanes of at least 4 members (excludes halogenated alkanes) is 1. The number of hydrogen-bond donors (Lipinski definition) is 2. The van der Waals surface area contributed by atoms with Crippen LogP contribution < -0.4 is 10.6 Å². The lowest BCUT2D eigenvalue weighted by Crippen LogP contribution is -2.45. The number of hydrogen-bond acceptors (Lipinski definition) is 3. The van der Waals surface area contributed by atoms with Crippen molar-refractivity contribution in [1.82, 2.24) is 25.1 Å². The van der Waals surface area contributed by atoms with Gasteiger partial charge in [0.05, 0.1) is 0 Å². The van der Waals surface area contributed by atoms with Crippen LogP contribution >= 0.6 is 35.6 Å². The first-order valence-electron chi connectivity index (χ1n) is 11.0. The Morgan fingerprint density at radius 1 is 1.29 bits per heavy atom. The van der Waals surface area contributed by atoms with Gasteiger partial charge in [0.15, 0.2) is 5.96 Å². The number of piperidine rings is 1. The maximum Gasteiger partial charge on any atom is 0.190 e. The zero-order chi connectivity index (χ0) is 21.3. The van der Waals surface area contributed by atoms with Crippen LogP contribution in [-0.4, -0.2) is 54.1 Å². The van der Waals surface area contributed by atoms with Crippen LogP contribution in [0.4, 0.5) is 0 Å². The number of nitrogens with one attached hydrogen (secondary N) is 2. The molecule has 2 atom stereocenters. The van der Waals surface area contributed by atoms with Gasteiger partial charge in [0, 0.05) is 50.1 Å². The van der Waals surface area contributed by atoms with Gasteiger partial charge in [-0.1, -0.05) is 23.7 Å². The Morgan fingerprint density at radius 3 is 2.84 bits per heavy atom. The summed E-state index contributed by atoms with van der Waals surface area (Å²) in [6, 6.07) is 8.68. The molecule has 2 heterocycles. The molecular weight excluding hydrogens is 523 g/mol. The lowest BCUT2D eigenvalue weighted by molar-refractivity contribution is 0.122. The summed E-state index contributed by atoms with van der Waals surface area (Å²) in [5.41, 5.74) is 1.30. The predicted molar refractivity (Wildman–Crippen MR) is 141 cm³/mol. The summed E-state index contributed by atoms with van der Waals surface area (Å²) < 4.78 is 2.20. The van der Waals surface area contributed by atoms with E-state index in [1.807, 2.05) is 32.4 Å². The molecule has 0 amide bonds. The highest BCUT2D eigenvalue weighted by molar-refractivity contribution is 14.0. The van der Waals surface area contributed by atoms with Crippen molar-refractivity contribution < 1.29 is 0 Å². The standard InChI is InChI=1S/C23H35ClN6.HI/c1-18-26-12-15-30(18)14-5-4-11-27-23(25-2)28-17-20-9-7-13-29(3)22(20)19-8-6-10-21(24)16-19;/h6,8,10,12,15-16,20,22H,4-5,7,9,11,13-14,17H2,1-3H3,(H2,25,27,28);1H. The van der Waals surface area contributed by atoms with Crippen molar-refractivity contribution in [2.24, 2.45) is 10.9 Å². The van der Waals surface area contributed by atoms with Gasteiger partial charge in [-0.05, 0) is 69.8 Å². The Kier molecular flexibility index (Phi) is 11.1. The normalized spacial score (nSPS) is 19.7. The molecule has 0 radical (unpaired) electrons. The molecule has 1 aromatic heterocycles. The predicted octanol–water partition coefficient (Wildman–Crippen LogP) is 4.49. The van der Waals surface area contributed by atoms with Crippen molar-refractivity contribution in [2.45, 2.75) is 45.2 Å². The van der Waals surface area contributed by atoms with Crippen molar-refractivity contribution in [3.63, 3.8) is 0 Å². The third-order valence-electron chi connectivity index (χ3n) is 5.99. The molecule has 2 aromatic rings. The number of benzene rings is 1. The van der Waals surface area contributed by atoms with Crippen LogP contribution in [0.5, 0.6) is 0 Å². The number of likely N-dealkylation sites (tertiary alicyclic amines) is 1. The highest BCUT2D eigenvalue weighted by Crippen LogP contribution is 2.35. The van der Waals surface area contributed by atoms with Crippen LogP contribution in [-0.2, 0) is 6.54 Å². The maximum absolute atomic E-state index is 6.27. The summed E-state index contributed by atoms with van der Waals surface area (Å²) in [6.45, 7) is 5.99. The number of nitrogens with zero attached hydrogens (tertiary/aromatic N) is 4. The van der Waals surface area contributed by atoms with Gasteiger partial charge in [0.25, 0.3) is 0 Å². The number of aromatic nitrogens is 2. The maximum atomic E-state index is 6.27. The Hall–Kier alpha value is -1.32. The van der Waals surface area contributed by atoms with E-state index in [1.165, 1.54) is 18.4 Å². The minimum Gasteiger partial charge on any atom is -0.356 e. The Bertz CT molecular complexity index is 824. The fourth-order valence-corrected chi connectivity index (χ4v) is 4.59.